The number of anilines is 1. The summed E-state index contributed by atoms with van der Waals surface area (Å²) in [5, 5.41) is 2.78. The molecule has 1 fully saturated rings. The predicted octanol–water partition coefficient (Wildman–Crippen LogP) is 1.19. The molecule has 1 amide bonds. The second-order valence-corrected chi connectivity index (χ2v) is 5.64. The highest BCUT2D eigenvalue weighted by molar-refractivity contribution is 7.99. The van der Waals surface area contributed by atoms with Crippen LogP contribution < -0.4 is 11.1 Å². The van der Waals surface area contributed by atoms with Crippen LogP contribution in [0.15, 0.2) is 18.2 Å². The second kappa shape index (κ2) is 6.77. The van der Waals surface area contributed by atoms with Gasteiger partial charge in [-0.3, -0.25) is 9.69 Å². The van der Waals surface area contributed by atoms with E-state index in [0.29, 0.717) is 6.54 Å². The number of carbonyl (C=O) groups is 1. The average Bonchev–Trinajstić information content (AvgIpc) is 2.43. The van der Waals surface area contributed by atoms with Crippen molar-refractivity contribution >= 4 is 23.4 Å². The molecule has 1 heterocycles. The van der Waals surface area contributed by atoms with Crippen LogP contribution in [0.1, 0.15) is 10.4 Å². The van der Waals surface area contributed by atoms with Crippen molar-refractivity contribution in [2.75, 3.05) is 43.4 Å². The van der Waals surface area contributed by atoms with Crippen LogP contribution in [0.2, 0.25) is 0 Å². The Hall–Kier alpha value is -1.27. The van der Waals surface area contributed by atoms with Crippen LogP contribution in [0.3, 0.4) is 0 Å². The molecule has 0 unspecified atom stereocenters. The van der Waals surface area contributed by atoms with Crippen LogP contribution in [0.4, 0.5) is 10.1 Å². The summed E-state index contributed by atoms with van der Waals surface area (Å²) in [7, 11) is 0. The van der Waals surface area contributed by atoms with Crippen molar-refractivity contribution in [1.29, 1.82) is 0 Å². The van der Waals surface area contributed by atoms with Gasteiger partial charge in [-0.15, -0.1) is 0 Å². The van der Waals surface area contributed by atoms with Crippen LogP contribution >= 0.6 is 11.8 Å². The maximum absolute atomic E-state index is 13.2. The SMILES string of the molecule is Nc1c(F)cccc1C(=O)NCCN1CCSCC1. The maximum Gasteiger partial charge on any atom is 0.253 e. The van der Waals surface area contributed by atoms with Gasteiger partial charge in [0, 0.05) is 37.7 Å². The van der Waals surface area contributed by atoms with Crippen molar-refractivity contribution in [3.8, 4) is 0 Å². The Balaban J connectivity index is 1.82. The minimum atomic E-state index is -0.555. The molecule has 0 saturated carbocycles. The Morgan fingerprint density at radius 1 is 1.42 bits per heavy atom. The number of hydrogen-bond donors (Lipinski definition) is 2. The Morgan fingerprint density at radius 2 is 2.16 bits per heavy atom. The zero-order valence-corrected chi connectivity index (χ0v) is 11.5. The van der Waals surface area contributed by atoms with Crippen LogP contribution in [-0.2, 0) is 0 Å². The first-order chi connectivity index (χ1) is 9.18. The highest BCUT2D eigenvalue weighted by atomic mass is 32.2. The average molecular weight is 283 g/mol. The zero-order valence-electron chi connectivity index (χ0n) is 10.7. The van der Waals surface area contributed by atoms with Crippen molar-refractivity contribution in [2.24, 2.45) is 0 Å². The minimum Gasteiger partial charge on any atom is -0.396 e. The van der Waals surface area contributed by atoms with Crippen molar-refractivity contribution in [3.05, 3.63) is 29.6 Å². The summed E-state index contributed by atoms with van der Waals surface area (Å²) < 4.78 is 13.2. The first kappa shape index (κ1) is 14.1. The summed E-state index contributed by atoms with van der Waals surface area (Å²) in [5.41, 5.74) is 5.66. The lowest BCUT2D eigenvalue weighted by molar-refractivity contribution is 0.0949. The summed E-state index contributed by atoms with van der Waals surface area (Å²) >= 11 is 1.95. The molecule has 1 aromatic carbocycles. The molecular formula is C13H18FN3OS. The first-order valence-corrected chi connectivity index (χ1v) is 7.46. The lowest BCUT2D eigenvalue weighted by atomic mass is 10.1. The van der Waals surface area contributed by atoms with E-state index in [2.05, 4.69) is 10.2 Å². The highest BCUT2D eigenvalue weighted by Gasteiger charge is 2.13. The quantitative estimate of drug-likeness (QED) is 0.815. The largest absolute Gasteiger partial charge is 0.396 e. The van der Waals surface area contributed by atoms with E-state index in [-0.39, 0.29) is 17.2 Å². The Labute approximate surface area is 116 Å². The topological polar surface area (TPSA) is 58.4 Å². The predicted molar refractivity (Wildman–Crippen MR) is 76.9 cm³/mol. The first-order valence-electron chi connectivity index (χ1n) is 6.31. The summed E-state index contributed by atoms with van der Waals surface area (Å²) in [6.45, 7) is 3.49. The fourth-order valence-corrected chi connectivity index (χ4v) is 2.96. The fourth-order valence-electron chi connectivity index (χ4n) is 1.98. The van der Waals surface area contributed by atoms with E-state index in [1.807, 2.05) is 11.8 Å². The molecule has 2 rings (SSSR count). The smallest absolute Gasteiger partial charge is 0.253 e. The zero-order chi connectivity index (χ0) is 13.7. The number of hydrogen-bond acceptors (Lipinski definition) is 4. The van der Waals surface area contributed by atoms with Gasteiger partial charge in [-0.25, -0.2) is 4.39 Å². The lowest BCUT2D eigenvalue weighted by Crippen LogP contribution is -2.39. The lowest BCUT2D eigenvalue weighted by Gasteiger charge is -2.26. The number of nitrogens with zero attached hydrogens (tertiary/aromatic N) is 1. The Kier molecular flexibility index (Phi) is 5.04. The molecule has 1 saturated heterocycles. The number of nitrogens with one attached hydrogen (secondary N) is 1. The van der Waals surface area contributed by atoms with E-state index in [4.69, 9.17) is 5.73 Å². The number of amides is 1. The van der Waals surface area contributed by atoms with Gasteiger partial charge in [0.1, 0.15) is 5.82 Å². The van der Waals surface area contributed by atoms with Gasteiger partial charge in [0.2, 0.25) is 0 Å². The van der Waals surface area contributed by atoms with E-state index >= 15 is 0 Å². The molecule has 4 nitrogen and oxygen atoms in total. The van der Waals surface area contributed by atoms with Crippen LogP contribution in [0.25, 0.3) is 0 Å². The summed E-state index contributed by atoms with van der Waals surface area (Å²) in [5.74, 6) is 1.42. The van der Waals surface area contributed by atoms with Gasteiger partial charge in [-0.1, -0.05) is 6.07 Å². The molecule has 3 N–H and O–H groups in total. The molecule has 6 heteroatoms. The van der Waals surface area contributed by atoms with E-state index in [1.54, 1.807) is 0 Å². The van der Waals surface area contributed by atoms with Crippen molar-refractivity contribution < 1.29 is 9.18 Å². The van der Waals surface area contributed by atoms with Gasteiger partial charge in [-0.2, -0.15) is 11.8 Å². The van der Waals surface area contributed by atoms with Gasteiger partial charge in [0.25, 0.3) is 5.91 Å². The number of rotatable bonds is 4. The second-order valence-electron chi connectivity index (χ2n) is 4.41. The van der Waals surface area contributed by atoms with E-state index in [1.165, 1.54) is 18.2 Å². The molecule has 0 bridgehead atoms. The van der Waals surface area contributed by atoms with Crippen LogP contribution in [0.5, 0.6) is 0 Å². The summed E-state index contributed by atoms with van der Waals surface area (Å²) in [4.78, 5) is 14.2. The molecule has 104 valence electrons. The standard InChI is InChI=1S/C13H18FN3OS/c14-11-3-1-2-10(12(11)15)13(18)16-4-5-17-6-8-19-9-7-17/h1-3H,4-9,15H2,(H,16,18). The number of benzene rings is 1. The van der Waals surface area contributed by atoms with Gasteiger partial charge in [-0.05, 0) is 12.1 Å². The molecule has 1 aromatic rings. The van der Waals surface area contributed by atoms with Crippen molar-refractivity contribution in [3.63, 3.8) is 0 Å². The monoisotopic (exact) mass is 283 g/mol. The minimum absolute atomic E-state index is 0.0885. The Morgan fingerprint density at radius 3 is 2.89 bits per heavy atom. The van der Waals surface area contributed by atoms with Gasteiger partial charge in [0.05, 0.1) is 11.3 Å². The summed E-state index contributed by atoms with van der Waals surface area (Å²) in [6, 6.07) is 4.27. The number of halogens is 1. The number of nitrogen functional groups attached to an aromatic ring is 1. The Bertz CT molecular complexity index is 450. The van der Waals surface area contributed by atoms with Crippen molar-refractivity contribution in [2.45, 2.75) is 0 Å². The third-order valence-corrected chi connectivity index (χ3v) is 4.06. The van der Waals surface area contributed by atoms with Gasteiger partial charge in [0.15, 0.2) is 0 Å². The number of carbonyl (C=O) groups excluding carboxylic acids is 1. The van der Waals surface area contributed by atoms with E-state index < -0.39 is 5.82 Å². The molecule has 0 spiro atoms. The molecule has 1 aliphatic rings. The van der Waals surface area contributed by atoms with E-state index in [0.717, 1.165) is 31.1 Å². The van der Waals surface area contributed by atoms with E-state index in [9.17, 15) is 9.18 Å². The molecule has 19 heavy (non-hydrogen) atoms. The molecule has 0 radical (unpaired) electrons. The maximum atomic E-state index is 13.2. The van der Waals surface area contributed by atoms with Crippen LogP contribution in [-0.4, -0.2) is 48.5 Å². The van der Waals surface area contributed by atoms with Gasteiger partial charge >= 0.3 is 0 Å². The van der Waals surface area contributed by atoms with Crippen molar-refractivity contribution in [1.82, 2.24) is 10.2 Å². The highest BCUT2D eigenvalue weighted by Crippen LogP contribution is 2.15. The van der Waals surface area contributed by atoms with Crippen LogP contribution in [0, 0.1) is 5.82 Å². The number of para-hydroxylation sites is 1. The third-order valence-electron chi connectivity index (χ3n) is 3.11. The molecule has 0 aliphatic carbocycles. The fraction of sp³-hybridized carbons (Fsp3) is 0.462. The number of nitrogens with two attached hydrogens (primary N) is 1. The molecule has 0 aromatic heterocycles. The summed E-state index contributed by atoms with van der Waals surface area (Å²) in [6.07, 6.45) is 0. The molecule has 1 aliphatic heterocycles. The number of thioether (sulfide) groups is 1. The third kappa shape index (κ3) is 3.84. The van der Waals surface area contributed by atoms with Gasteiger partial charge < -0.3 is 11.1 Å². The normalized spacial score (nSPS) is 16.3. The molecular weight excluding hydrogens is 265 g/mol. The molecule has 0 atom stereocenters.